The molecule has 6 aliphatic rings. The summed E-state index contributed by atoms with van der Waals surface area (Å²) in [6.07, 6.45) is 32.8. The molecule has 154 valence electrons. The molecular weight excluding hydrogens is 374 g/mol. The highest BCUT2D eigenvalue weighted by Crippen LogP contribution is 2.67. The van der Waals surface area contributed by atoms with Crippen molar-refractivity contribution in [3.8, 4) is 0 Å². The zero-order chi connectivity index (χ0) is 18.5. The van der Waals surface area contributed by atoms with Gasteiger partial charge in [-0.25, -0.2) is 0 Å². The molecule has 2 heteroatoms. The fourth-order valence-corrected chi connectivity index (χ4v) is 17.6. The van der Waals surface area contributed by atoms with Crippen LogP contribution in [0, 0.1) is 23.7 Å². The minimum absolute atomic E-state index is 0.285. The summed E-state index contributed by atoms with van der Waals surface area (Å²) in [5.74, 6) is 3.94. The molecule has 2 aliphatic heterocycles. The van der Waals surface area contributed by atoms with Crippen LogP contribution in [0.25, 0.3) is 0 Å². The van der Waals surface area contributed by atoms with E-state index in [9.17, 15) is 0 Å². The van der Waals surface area contributed by atoms with Gasteiger partial charge in [0.05, 0.1) is 0 Å². The SMILES string of the molecule is C1=CC2CCCC2P(CCP2C3CCCC3C=CC3CCCC32)C2CCCC12. The zero-order valence-electron chi connectivity index (χ0n) is 17.7. The normalized spacial score (nSPS) is 52.0. The Balaban J connectivity index is 1.23. The van der Waals surface area contributed by atoms with Gasteiger partial charge in [-0.05, 0) is 110 Å². The van der Waals surface area contributed by atoms with Crippen LogP contribution in [0.2, 0.25) is 0 Å². The first-order valence-corrected chi connectivity index (χ1v) is 16.1. The van der Waals surface area contributed by atoms with Crippen molar-refractivity contribution in [3.63, 3.8) is 0 Å². The number of allylic oxidation sites excluding steroid dienone is 4. The van der Waals surface area contributed by atoms with E-state index in [0.717, 1.165) is 46.3 Å². The van der Waals surface area contributed by atoms with Crippen molar-refractivity contribution in [2.75, 3.05) is 12.3 Å². The van der Waals surface area contributed by atoms with E-state index in [2.05, 4.69) is 24.3 Å². The van der Waals surface area contributed by atoms with E-state index >= 15 is 0 Å². The molecule has 0 aromatic carbocycles. The van der Waals surface area contributed by atoms with Crippen molar-refractivity contribution in [2.45, 2.75) is 99.7 Å². The molecule has 0 N–H and O–H groups in total. The van der Waals surface area contributed by atoms with Gasteiger partial charge in [-0.2, -0.15) is 0 Å². The van der Waals surface area contributed by atoms with Crippen molar-refractivity contribution in [3.05, 3.63) is 24.3 Å². The molecule has 4 fully saturated rings. The van der Waals surface area contributed by atoms with Crippen molar-refractivity contribution in [2.24, 2.45) is 23.7 Å². The fraction of sp³-hybridized carbons (Fsp3) is 0.846. The average molecular weight is 415 g/mol. The molecule has 4 aliphatic carbocycles. The van der Waals surface area contributed by atoms with E-state index in [-0.39, 0.29) is 15.8 Å². The van der Waals surface area contributed by atoms with Gasteiger partial charge in [0.1, 0.15) is 0 Å². The Morgan fingerprint density at radius 2 is 0.714 bits per heavy atom. The number of rotatable bonds is 3. The Bertz CT molecular complexity index is 522. The minimum Gasteiger partial charge on any atom is -0.0988 e. The van der Waals surface area contributed by atoms with Gasteiger partial charge in [0.15, 0.2) is 0 Å². The smallest absolute Gasteiger partial charge is 0.0143 e. The van der Waals surface area contributed by atoms with Crippen molar-refractivity contribution in [1.82, 2.24) is 0 Å². The molecule has 0 nitrogen and oxygen atoms in total. The Hall–Kier alpha value is 0.340. The Morgan fingerprint density at radius 3 is 1.00 bits per heavy atom. The summed E-state index contributed by atoms with van der Waals surface area (Å²) in [6.45, 7) is 0. The van der Waals surface area contributed by atoms with Crippen LogP contribution in [0.5, 0.6) is 0 Å². The minimum atomic E-state index is 0.285. The van der Waals surface area contributed by atoms with Gasteiger partial charge >= 0.3 is 0 Å². The summed E-state index contributed by atoms with van der Waals surface area (Å²) >= 11 is 0. The van der Waals surface area contributed by atoms with Crippen molar-refractivity contribution >= 4 is 15.8 Å². The number of hydrogen-bond acceptors (Lipinski definition) is 0. The Kier molecular flexibility index (Phi) is 5.52. The van der Waals surface area contributed by atoms with Crippen LogP contribution in [0.3, 0.4) is 0 Å². The molecule has 0 bridgehead atoms. The summed E-state index contributed by atoms with van der Waals surface area (Å²) in [5.41, 5.74) is 4.49. The lowest BCUT2D eigenvalue weighted by atomic mass is 10.0. The highest BCUT2D eigenvalue weighted by atomic mass is 31.1. The van der Waals surface area contributed by atoms with Gasteiger partial charge in [-0.3, -0.25) is 0 Å². The monoisotopic (exact) mass is 414 g/mol. The predicted molar refractivity (Wildman–Crippen MR) is 126 cm³/mol. The maximum atomic E-state index is 2.73. The largest absolute Gasteiger partial charge is 0.0988 e. The molecule has 28 heavy (non-hydrogen) atoms. The van der Waals surface area contributed by atoms with E-state index in [1.165, 1.54) is 51.4 Å². The van der Waals surface area contributed by atoms with Gasteiger partial charge in [0.25, 0.3) is 0 Å². The zero-order valence-corrected chi connectivity index (χ0v) is 19.5. The fourth-order valence-electron chi connectivity index (χ4n) is 8.38. The topological polar surface area (TPSA) is 0 Å². The molecule has 4 saturated carbocycles. The molecule has 2 heterocycles. The summed E-state index contributed by atoms with van der Waals surface area (Å²) < 4.78 is 0. The quantitative estimate of drug-likeness (QED) is 0.327. The molecule has 0 spiro atoms. The second-order valence-corrected chi connectivity index (χ2v) is 16.5. The first-order valence-electron chi connectivity index (χ1n) is 12.8. The average Bonchev–Trinajstić information content (AvgIpc) is 3.48. The van der Waals surface area contributed by atoms with Gasteiger partial charge in [-0.1, -0.05) is 65.8 Å². The van der Waals surface area contributed by atoms with Crippen LogP contribution in [-0.2, 0) is 0 Å². The summed E-state index contributed by atoms with van der Waals surface area (Å²) in [4.78, 5) is 0. The molecule has 0 radical (unpaired) electrons. The maximum Gasteiger partial charge on any atom is -0.0143 e. The first kappa shape index (κ1) is 19.1. The molecule has 0 amide bonds. The lowest BCUT2D eigenvalue weighted by Gasteiger charge is -2.38. The van der Waals surface area contributed by atoms with E-state index in [1.54, 1.807) is 38.0 Å². The maximum absolute atomic E-state index is 2.73. The van der Waals surface area contributed by atoms with Crippen LogP contribution in [-0.4, -0.2) is 35.0 Å². The Labute approximate surface area is 175 Å². The second kappa shape index (κ2) is 8.12. The highest BCUT2D eigenvalue weighted by molar-refractivity contribution is 7.63. The van der Waals surface area contributed by atoms with E-state index in [1.807, 2.05) is 0 Å². The van der Waals surface area contributed by atoms with E-state index in [0.29, 0.717) is 0 Å². The third-order valence-corrected chi connectivity index (χ3v) is 17.5. The third kappa shape index (κ3) is 3.32. The molecule has 0 saturated heterocycles. The van der Waals surface area contributed by atoms with E-state index < -0.39 is 0 Å². The second-order valence-electron chi connectivity index (χ2n) is 10.9. The third-order valence-electron chi connectivity index (χ3n) is 9.66. The first-order chi connectivity index (χ1) is 13.9. The molecular formula is C26H40P2. The summed E-state index contributed by atoms with van der Waals surface area (Å²) in [6, 6.07) is 0. The molecule has 6 rings (SSSR count). The Morgan fingerprint density at radius 1 is 0.429 bits per heavy atom. The highest BCUT2D eigenvalue weighted by Gasteiger charge is 2.45. The molecule has 0 aromatic heterocycles. The van der Waals surface area contributed by atoms with Crippen LogP contribution < -0.4 is 0 Å². The van der Waals surface area contributed by atoms with Crippen LogP contribution in [0.15, 0.2) is 24.3 Å². The van der Waals surface area contributed by atoms with Crippen molar-refractivity contribution < 1.29 is 0 Å². The van der Waals surface area contributed by atoms with Crippen LogP contribution >= 0.6 is 15.8 Å². The molecule has 8 unspecified atom stereocenters. The molecule has 8 atom stereocenters. The van der Waals surface area contributed by atoms with Crippen LogP contribution in [0.4, 0.5) is 0 Å². The van der Waals surface area contributed by atoms with Gasteiger partial charge < -0.3 is 0 Å². The van der Waals surface area contributed by atoms with Crippen molar-refractivity contribution in [1.29, 1.82) is 0 Å². The number of fused-ring (bicyclic) bond motifs is 4. The van der Waals surface area contributed by atoms with Gasteiger partial charge in [0, 0.05) is 0 Å². The summed E-state index contributed by atoms with van der Waals surface area (Å²) in [7, 11) is 0.570. The lowest BCUT2D eigenvalue weighted by Crippen LogP contribution is -2.24. The van der Waals surface area contributed by atoms with Gasteiger partial charge in [0.2, 0.25) is 0 Å². The molecule has 0 aromatic rings. The van der Waals surface area contributed by atoms with E-state index in [4.69, 9.17) is 0 Å². The number of hydrogen-bond donors (Lipinski definition) is 0. The summed E-state index contributed by atoms with van der Waals surface area (Å²) in [5, 5.41) is 0. The lowest BCUT2D eigenvalue weighted by molar-refractivity contribution is 0.683. The predicted octanol–water partition coefficient (Wildman–Crippen LogP) is 7.76. The van der Waals surface area contributed by atoms with Gasteiger partial charge in [-0.15, -0.1) is 0 Å². The van der Waals surface area contributed by atoms with Crippen LogP contribution in [0.1, 0.15) is 77.0 Å². The standard InChI is InChI=1S/C26H40P2/c1-5-19-13-14-20-6-2-10-24(20)27(23(19)9-1)17-18-28-25-11-3-7-21(25)15-16-22-8-4-12-26(22)28/h13-16,19-26H,1-12,17-18H2.